The number of para-hydroxylation sites is 1. The fourth-order valence-corrected chi connectivity index (χ4v) is 4.92. The van der Waals surface area contributed by atoms with E-state index in [0.717, 1.165) is 6.42 Å². The topological polar surface area (TPSA) is 103 Å². The second-order valence-corrected chi connectivity index (χ2v) is 8.70. The van der Waals surface area contributed by atoms with E-state index in [1.165, 1.54) is 20.3 Å². The van der Waals surface area contributed by atoms with E-state index in [0.29, 0.717) is 30.7 Å². The first-order chi connectivity index (χ1) is 14.4. The summed E-state index contributed by atoms with van der Waals surface area (Å²) in [6, 6.07) is 13.3. The average molecular weight is 435 g/mol. The first kappa shape index (κ1) is 21.9. The number of methoxy groups -OCH3 is 2. The molecule has 2 aromatic rings. The fourth-order valence-electron chi connectivity index (χ4n) is 3.46. The standard InChI is InChI=1S/C21H26N2O6S/c1-27-17-11-12-19(28-2)20(14-17)30(25,26)23-16-9-6-10-18(13-16)29-21(24)22-15-7-4-3-5-8-15/h3-5,7-8,11-12,14,16,18,23H,6,9-10,13H2,1-2H3,(H,22,24). The van der Waals surface area contributed by atoms with Crippen LogP contribution in [-0.2, 0) is 14.8 Å². The summed E-state index contributed by atoms with van der Waals surface area (Å²) in [6.45, 7) is 0. The maximum absolute atomic E-state index is 13.0. The van der Waals surface area contributed by atoms with Crippen LogP contribution in [0.2, 0.25) is 0 Å². The van der Waals surface area contributed by atoms with Crippen LogP contribution in [0.25, 0.3) is 0 Å². The van der Waals surface area contributed by atoms with E-state index in [1.807, 2.05) is 18.2 Å². The molecule has 0 aliphatic heterocycles. The summed E-state index contributed by atoms with van der Waals surface area (Å²) in [5, 5.41) is 2.68. The molecule has 3 rings (SSSR count). The number of anilines is 1. The molecule has 0 bridgehead atoms. The number of nitrogens with one attached hydrogen (secondary N) is 2. The molecule has 1 amide bonds. The van der Waals surface area contributed by atoms with Gasteiger partial charge in [0, 0.05) is 24.2 Å². The van der Waals surface area contributed by atoms with Crippen molar-refractivity contribution in [3.8, 4) is 11.5 Å². The average Bonchev–Trinajstić information content (AvgIpc) is 2.73. The van der Waals surface area contributed by atoms with Crippen LogP contribution in [0.5, 0.6) is 11.5 Å². The van der Waals surface area contributed by atoms with E-state index < -0.39 is 16.1 Å². The largest absolute Gasteiger partial charge is 0.497 e. The predicted molar refractivity (Wildman–Crippen MR) is 112 cm³/mol. The first-order valence-corrected chi connectivity index (χ1v) is 11.2. The molecule has 1 fully saturated rings. The van der Waals surface area contributed by atoms with Crippen LogP contribution in [0.4, 0.5) is 10.5 Å². The minimum absolute atomic E-state index is 0.00853. The van der Waals surface area contributed by atoms with Gasteiger partial charge in [-0.2, -0.15) is 0 Å². The highest BCUT2D eigenvalue weighted by atomic mass is 32.2. The second kappa shape index (κ2) is 9.82. The van der Waals surface area contributed by atoms with Crippen molar-refractivity contribution in [3.63, 3.8) is 0 Å². The molecule has 0 spiro atoms. The Morgan fingerprint density at radius 2 is 1.80 bits per heavy atom. The van der Waals surface area contributed by atoms with Crippen molar-refractivity contribution in [3.05, 3.63) is 48.5 Å². The Morgan fingerprint density at radius 1 is 1.03 bits per heavy atom. The van der Waals surface area contributed by atoms with Crippen molar-refractivity contribution in [1.82, 2.24) is 4.72 Å². The molecular weight excluding hydrogens is 408 g/mol. The lowest BCUT2D eigenvalue weighted by molar-refractivity contribution is 0.0793. The van der Waals surface area contributed by atoms with E-state index in [4.69, 9.17) is 14.2 Å². The van der Waals surface area contributed by atoms with E-state index in [9.17, 15) is 13.2 Å². The second-order valence-electron chi connectivity index (χ2n) is 7.02. The van der Waals surface area contributed by atoms with Crippen LogP contribution in [0, 0.1) is 0 Å². The third-order valence-electron chi connectivity index (χ3n) is 4.90. The molecule has 1 saturated carbocycles. The van der Waals surface area contributed by atoms with Gasteiger partial charge >= 0.3 is 6.09 Å². The Balaban J connectivity index is 1.63. The molecule has 9 heteroatoms. The maximum Gasteiger partial charge on any atom is 0.411 e. The molecule has 0 radical (unpaired) electrons. The van der Waals surface area contributed by atoms with Crippen LogP contribution in [0.3, 0.4) is 0 Å². The van der Waals surface area contributed by atoms with Gasteiger partial charge in [-0.3, -0.25) is 5.32 Å². The van der Waals surface area contributed by atoms with Gasteiger partial charge in [-0.25, -0.2) is 17.9 Å². The van der Waals surface area contributed by atoms with Crippen molar-refractivity contribution in [2.45, 2.75) is 42.7 Å². The lowest BCUT2D eigenvalue weighted by atomic mass is 9.94. The van der Waals surface area contributed by atoms with Crippen molar-refractivity contribution in [2.24, 2.45) is 0 Å². The van der Waals surface area contributed by atoms with Crippen molar-refractivity contribution in [1.29, 1.82) is 0 Å². The molecule has 2 unspecified atom stereocenters. The molecule has 0 heterocycles. The number of benzene rings is 2. The normalized spacial score (nSPS) is 19.0. The highest BCUT2D eigenvalue weighted by Gasteiger charge is 2.30. The lowest BCUT2D eigenvalue weighted by Gasteiger charge is -2.29. The summed E-state index contributed by atoms with van der Waals surface area (Å²) in [5.74, 6) is 0.646. The van der Waals surface area contributed by atoms with Gasteiger partial charge in [-0.1, -0.05) is 18.2 Å². The van der Waals surface area contributed by atoms with Crippen LogP contribution in [0.1, 0.15) is 25.7 Å². The molecule has 0 saturated heterocycles. The smallest absolute Gasteiger partial charge is 0.411 e. The zero-order valence-electron chi connectivity index (χ0n) is 17.0. The summed E-state index contributed by atoms with van der Waals surface area (Å²) in [6.07, 6.45) is 1.56. The van der Waals surface area contributed by atoms with E-state index in [1.54, 1.807) is 24.3 Å². The molecule has 2 aromatic carbocycles. The molecule has 30 heavy (non-hydrogen) atoms. The quantitative estimate of drug-likeness (QED) is 0.691. The summed E-state index contributed by atoms with van der Waals surface area (Å²) < 4.78 is 44.5. The number of hydrogen-bond acceptors (Lipinski definition) is 6. The van der Waals surface area contributed by atoms with Crippen LogP contribution >= 0.6 is 0 Å². The zero-order valence-corrected chi connectivity index (χ0v) is 17.8. The van der Waals surface area contributed by atoms with E-state index >= 15 is 0 Å². The number of carbonyl (C=O) groups excluding carboxylic acids is 1. The van der Waals surface area contributed by atoms with Gasteiger partial charge in [-0.05, 0) is 43.5 Å². The number of carbonyl (C=O) groups is 1. The number of amides is 1. The minimum atomic E-state index is -3.85. The molecule has 0 aromatic heterocycles. The van der Waals surface area contributed by atoms with Gasteiger partial charge in [0.2, 0.25) is 10.0 Å². The number of ether oxygens (including phenoxy) is 3. The van der Waals surface area contributed by atoms with Crippen LogP contribution < -0.4 is 19.5 Å². The van der Waals surface area contributed by atoms with Crippen molar-refractivity contribution >= 4 is 21.8 Å². The maximum atomic E-state index is 13.0. The Bertz CT molecular complexity index is 965. The van der Waals surface area contributed by atoms with Gasteiger partial charge in [0.15, 0.2) is 0 Å². The van der Waals surface area contributed by atoms with Crippen LogP contribution in [0.15, 0.2) is 53.4 Å². The molecule has 2 atom stereocenters. The summed E-state index contributed by atoms with van der Waals surface area (Å²) in [4.78, 5) is 12.2. The van der Waals surface area contributed by atoms with Crippen molar-refractivity contribution < 1.29 is 27.4 Å². The fraction of sp³-hybridized carbons (Fsp3) is 0.381. The Hall–Kier alpha value is -2.78. The Morgan fingerprint density at radius 3 is 2.50 bits per heavy atom. The van der Waals surface area contributed by atoms with Gasteiger partial charge in [0.25, 0.3) is 0 Å². The molecule has 1 aliphatic rings. The third kappa shape index (κ3) is 5.64. The van der Waals surface area contributed by atoms with Gasteiger partial charge in [0.05, 0.1) is 14.2 Å². The molecule has 162 valence electrons. The Kier molecular flexibility index (Phi) is 7.17. The van der Waals surface area contributed by atoms with E-state index in [-0.39, 0.29) is 22.8 Å². The molecule has 1 aliphatic carbocycles. The van der Waals surface area contributed by atoms with Gasteiger partial charge in [0.1, 0.15) is 22.5 Å². The summed E-state index contributed by atoms with van der Waals surface area (Å²) in [7, 11) is -0.966. The number of hydrogen-bond donors (Lipinski definition) is 2. The van der Waals surface area contributed by atoms with Crippen molar-refractivity contribution in [2.75, 3.05) is 19.5 Å². The molecule has 2 N–H and O–H groups in total. The van der Waals surface area contributed by atoms with Gasteiger partial charge in [-0.15, -0.1) is 0 Å². The lowest BCUT2D eigenvalue weighted by Crippen LogP contribution is -2.41. The predicted octanol–water partition coefficient (Wildman–Crippen LogP) is 3.54. The Labute approximate surface area is 176 Å². The number of rotatable bonds is 7. The SMILES string of the molecule is COc1ccc(OC)c(S(=O)(=O)NC2CCCC(OC(=O)Nc3ccccc3)C2)c1. The highest BCUT2D eigenvalue weighted by Crippen LogP contribution is 2.30. The van der Waals surface area contributed by atoms with Gasteiger partial charge < -0.3 is 14.2 Å². The summed E-state index contributed by atoms with van der Waals surface area (Å²) >= 11 is 0. The molecular formula is C21H26N2O6S. The van der Waals surface area contributed by atoms with Crippen LogP contribution in [-0.4, -0.2) is 40.9 Å². The minimum Gasteiger partial charge on any atom is -0.497 e. The summed E-state index contributed by atoms with van der Waals surface area (Å²) in [5.41, 5.74) is 0.640. The monoisotopic (exact) mass is 434 g/mol. The number of sulfonamides is 1. The van der Waals surface area contributed by atoms with E-state index in [2.05, 4.69) is 10.0 Å². The third-order valence-corrected chi connectivity index (χ3v) is 6.44. The first-order valence-electron chi connectivity index (χ1n) is 9.68. The zero-order chi connectivity index (χ0) is 21.6. The highest BCUT2D eigenvalue weighted by molar-refractivity contribution is 7.89. The molecule has 8 nitrogen and oxygen atoms in total.